The number of rotatable bonds is 24. The summed E-state index contributed by atoms with van der Waals surface area (Å²) in [6, 6.07) is 35.6. The minimum absolute atomic E-state index is 0.0303. The van der Waals surface area contributed by atoms with Crippen molar-refractivity contribution in [2.24, 2.45) is 11.8 Å². The highest BCUT2D eigenvalue weighted by molar-refractivity contribution is 7.89. The Morgan fingerprint density at radius 2 is 0.989 bits per heavy atom. The minimum atomic E-state index is -4.10. The molecule has 25 nitrogen and oxygen atoms in total. The smallest absolute Gasteiger partial charge is 0.443 e. The second kappa shape index (κ2) is 34.8. The molecule has 4 N–H and O–H groups in total. The van der Waals surface area contributed by atoms with Gasteiger partial charge in [0.1, 0.15) is 18.0 Å². The number of hydrogen-bond donors (Lipinski definition) is 4. The minimum Gasteiger partial charge on any atom is -0.443 e. The van der Waals surface area contributed by atoms with E-state index in [-0.39, 0.29) is 103 Å². The quantitative estimate of drug-likeness (QED) is 0.0194. The van der Waals surface area contributed by atoms with Crippen molar-refractivity contribution in [2.75, 3.05) is 39.5 Å². The lowest BCUT2D eigenvalue weighted by atomic mass is 9.98. The Kier molecular flexibility index (Phi) is 26.5. The van der Waals surface area contributed by atoms with Gasteiger partial charge in [0.25, 0.3) is 25.7 Å². The molecule has 95 heavy (non-hydrogen) atoms. The Morgan fingerprint density at radius 1 is 0.568 bits per heavy atom. The standard InChI is InChI=1S/C30H40N2O8S.C25H34N2O5S.C13H13NO7/c1-21-12-14-24(15-13-21)41(35,36)32(40-23-10-6-3-7-11-23)19-27(33)26(18-22-8-4-2-5-9-22)31-30(34)39-28-20-38-29-25(28)16-17-37-29;1-19-13-15-23(16-14-19)33(30,31)27(32-22-11-7-4-8-12-22)18-25(29)24(26-20(2)28)17-21-9-5-3-6-10-21;15-13(20-9-3-1-8(2-4-9)14(16)17)21-11-7-19-12-10(11)5-6-18-12/h2,4-5,8-9,12-15,23,25-29,33H,3,6-7,10-11,16-20H2,1H3,(H,31,34);3,5-6,9-10,13-16,22,24-25,29H,4,7-8,11-12,17-18H2,1-2H3,(H,26,28);1-4,10-12H,5-7H2/t25-,26-,27+,28-,29+;24-,25+;10-,11-,12+/m000/s1. The lowest BCUT2D eigenvalue weighted by Gasteiger charge is -2.32. The highest BCUT2D eigenvalue weighted by Gasteiger charge is 2.46. The van der Waals surface area contributed by atoms with E-state index in [0.717, 1.165) is 108 Å². The Hall–Kier alpha value is -6.99. The van der Waals surface area contributed by atoms with Crippen LogP contribution in [0, 0.1) is 35.8 Å². The predicted molar refractivity (Wildman–Crippen MR) is 345 cm³/mol. The van der Waals surface area contributed by atoms with Crippen LogP contribution in [0.1, 0.15) is 106 Å². The number of alkyl carbamates (subject to hydrolysis) is 1. The van der Waals surface area contributed by atoms with Gasteiger partial charge in [0.15, 0.2) is 12.6 Å². The van der Waals surface area contributed by atoms with Gasteiger partial charge in [-0.2, -0.15) is 0 Å². The van der Waals surface area contributed by atoms with E-state index in [4.69, 9.17) is 42.8 Å². The Balaban J connectivity index is 0.000000176. The summed E-state index contributed by atoms with van der Waals surface area (Å²) in [7, 11) is -8.11. The largest absolute Gasteiger partial charge is 0.514 e. The Labute approximate surface area is 554 Å². The van der Waals surface area contributed by atoms with Gasteiger partial charge >= 0.3 is 12.2 Å². The number of nitro benzene ring substituents is 1. The number of sulfonamides is 2. The summed E-state index contributed by atoms with van der Waals surface area (Å²) in [5, 5.41) is 38.6. The van der Waals surface area contributed by atoms with Crippen LogP contribution in [0.3, 0.4) is 0 Å². The lowest BCUT2D eigenvalue weighted by molar-refractivity contribution is -0.384. The Morgan fingerprint density at radius 3 is 1.41 bits per heavy atom. The number of hydrogen-bond acceptors (Lipinski definition) is 20. The number of fused-ring (bicyclic) bond motifs is 2. The molecular weight excluding hydrogens is 1270 g/mol. The van der Waals surface area contributed by atoms with Crippen LogP contribution in [0.2, 0.25) is 0 Å². The molecule has 4 saturated heterocycles. The van der Waals surface area contributed by atoms with Gasteiger partial charge in [0, 0.05) is 19.1 Å². The first-order valence-electron chi connectivity index (χ1n) is 32.5. The molecular formula is C68H87N5O20S2. The zero-order valence-corrected chi connectivity index (χ0v) is 55.3. The third-order valence-electron chi connectivity index (χ3n) is 17.4. The lowest BCUT2D eigenvalue weighted by Crippen LogP contribution is -2.51. The normalized spacial score (nSPS) is 22.5. The van der Waals surface area contributed by atoms with Crippen molar-refractivity contribution >= 4 is 43.9 Å². The molecule has 27 heteroatoms. The topological polar surface area (TPSA) is 317 Å². The van der Waals surface area contributed by atoms with Crippen molar-refractivity contribution in [1.29, 1.82) is 0 Å². The van der Waals surface area contributed by atoms with Gasteiger partial charge < -0.3 is 54.0 Å². The fourth-order valence-electron chi connectivity index (χ4n) is 12.1. The number of amides is 2. The summed E-state index contributed by atoms with van der Waals surface area (Å²) in [6.45, 7) is 6.16. The highest BCUT2D eigenvalue weighted by Crippen LogP contribution is 2.35. The molecule has 516 valence electrons. The molecule has 0 radical (unpaired) electrons. The molecule has 0 bridgehead atoms. The summed E-state index contributed by atoms with van der Waals surface area (Å²) < 4.78 is 93.9. The molecule has 6 aliphatic rings. The SMILES string of the molecule is CC(=O)N[C@@H](Cc1ccccc1)[C@H](O)CN(OC1CCCCC1)S(=O)(=O)c1ccc(C)cc1.Cc1ccc(S(=O)(=O)N(C[C@@H](O)[C@H](Cc2ccccc2)NC(=O)O[C@H]2CO[C@H]3OCC[C@H]32)OC2CCCCC2)cc1.O=C(Oc1ccc([N+](=O)[O-])cc1)O[C@H]1CO[C@H]2OCC[C@H]21. The first-order valence-corrected chi connectivity index (χ1v) is 35.4. The summed E-state index contributed by atoms with van der Waals surface area (Å²) in [5.41, 5.74) is 3.59. The second-order valence-corrected chi connectivity index (χ2v) is 28.3. The van der Waals surface area contributed by atoms with E-state index >= 15 is 0 Å². The van der Waals surface area contributed by atoms with E-state index in [9.17, 15) is 51.5 Å². The van der Waals surface area contributed by atoms with E-state index in [0.29, 0.717) is 19.6 Å². The number of non-ortho nitro benzene ring substituents is 1. The number of benzene rings is 5. The number of nitrogens with zero attached hydrogens (tertiary/aromatic N) is 3. The molecule has 0 spiro atoms. The van der Waals surface area contributed by atoms with E-state index in [1.54, 1.807) is 36.4 Å². The third-order valence-corrected chi connectivity index (χ3v) is 20.7. The van der Waals surface area contributed by atoms with Gasteiger partial charge in [-0.05, 0) is 113 Å². The van der Waals surface area contributed by atoms with Crippen LogP contribution in [-0.2, 0) is 75.8 Å². The molecule has 4 aliphatic heterocycles. The molecule has 5 aromatic carbocycles. The van der Waals surface area contributed by atoms with Gasteiger partial charge in [-0.3, -0.25) is 24.6 Å². The van der Waals surface area contributed by atoms with Crippen molar-refractivity contribution < 1.29 is 89.2 Å². The van der Waals surface area contributed by atoms with Crippen LogP contribution >= 0.6 is 0 Å². The number of carbonyl (C=O) groups excluding carboxylic acids is 3. The summed E-state index contributed by atoms with van der Waals surface area (Å²) in [5.74, 6) is -0.105. The van der Waals surface area contributed by atoms with Gasteiger partial charge in [0.2, 0.25) is 5.91 Å². The van der Waals surface area contributed by atoms with Gasteiger partial charge in [-0.15, -0.1) is 0 Å². The third kappa shape index (κ3) is 21.0. The first-order chi connectivity index (χ1) is 45.7. The number of nitrogens with one attached hydrogen (secondary N) is 2. The first kappa shape index (κ1) is 72.3. The zero-order chi connectivity index (χ0) is 67.5. The van der Waals surface area contributed by atoms with E-state index in [1.807, 2.05) is 74.5 Å². The fraction of sp³-hybridized carbons (Fsp3) is 0.515. The summed E-state index contributed by atoms with van der Waals surface area (Å²) >= 11 is 0. The molecule has 2 saturated carbocycles. The van der Waals surface area contributed by atoms with Gasteiger partial charge in [0.05, 0.1) is 103 Å². The molecule has 6 fully saturated rings. The van der Waals surface area contributed by atoms with E-state index in [1.165, 1.54) is 43.3 Å². The van der Waals surface area contributed by atoms with Gasteiger partial charge in [-0.1, -0.05) is 144 Å². The van der Waals surface area contributed by atoms with Crippen LogP contribution in [0.4, 0.5) is 15.3 Å². The molecule has 10 atom stereocenters. The highest BCUT2D eigenvalue weighted by atomic mass is 32.2. The molecule has 4 heterocycles. The fourth-order valence-corrected chi connectivity index (χ4v) is 14.7. The molecule has 2 aliphatic carbocycles. The monoisotopic (exact) mass is 1360 g/mol. The molecule has 2 amide bonds. The number of aliphatic hydroxyl groups excluding tert-OH is 2. The molecule has 5 aromatic rings. The number of hydroxylamine groups is 2. The summed E-state index contributed by atoms with van der Waals surface area (Å²) in [4.78, 5) is 58.8. The van der Waals surface area contributed by atoms with Crippen LogP contribution in [-0.4, -0.2) is 160 Å². The van der Waals surface area contributed by atoms with Crippen LogP contribution in [0.5, 0.6) is 5.75 Å². The number of aryl methyl sites for hydroxylation is 2. The van der Waals surface area contributed by atoms with E-state index < -0.39 is 67.6 Å². The molecule has 0 unspecified atom stereocenters. The van der Waals surface area contributed by atoms with Crippen molar-refractivity contribution in [1.82, 2.24) is 19.6 Å². The number of aliphatic hydroxyl groups is 2. The average molecular weight is 1360 g/mol. The van der Waals surface area contributed by atoms with Crippen LogP contribution in [0.15, 0.2) is 143 Å². The van der Waals surface area contributed by atoms with Crippen molar-refractivity contribution in [3.05, 3.63) is 166 Å². The average Bonchev–Trinajstić information content (AvgIpc) is 1.46. The molecule has 0 aromatic heterocycles. The number of carbonyl (C=O) groups is 3. The van der Waals surface area contributed by atoms with Crippen LogP contribution in [0.25, 0.3) is 0 Å². The van der Waals surface area contributed by atoms with Crippen LogP contribution < -0.4 is 15.4 Å². The molecule has 11 rings (SSSR count). The zero-order valence-electron chi connectivity index (χ0n) is 53.7. The van der Waals surface area contributed by atoms with Crippen molar-refractivity contribution in [3.8, 4) is 5.75 Å². The Bertz CT molecular complexity index is 3480. The number of nitro groups is 1. The predicted octanol–water partition coefficient (Wildman–Crippen LogP) is 8.94. The maximum atomic E-state index is 13.7. The van der Waals surface area contributed by atoms with Crippen molar-refractivity contribution in [2.45, 2.75) is 182 Å². The maximum Gasteiger partial charge on any atom is 0.514 e. The second-order valence-electron chi connectivity index (χ2n) is 24.7. The van der Waals surface area contributed by atoms with Crippen molar-refractivity contribution in [3.63, 3.8) is 0 Å². The van der Waals surface area contributed by atoms with Gasteiger partial charge in [-0.25, -0.2) is 26.4 Å². The summed E-state index contributed by atoms with van der Waals surface area (Å²) in [6.07, 6.45) is 5.19. The number of ether oxygens (including phenoxy) is 7. The van der Waals surface area contributed by atoms with E-state index in [2.05, 4.69) is 10.6 Å². The maximum absolute atomic E-state index is 13.7.